The van der Waals surface area contributed by atoms with Gasteiger partial charge in [0.05, 0.1) is 6.61 Å². The second kappa shape index (κ2) is 8.20. The molecule has 3 fully saturated rings. The summed E-state index contributed by atoms with van der Waals surface area (Å²) >= 11 is 0. The lowest BCUT2D eigenvalue weighted by Crippen LogP contribution is -2.55. The first kappa shape index (κ1) is 21.4. The standard InChI is InChI=1S/C24H38O4/c1-16-19(11-14-27-17(2)25)7-9-21-20(16)8-10-22-23(4,15-28-18(3)26)12-6-13-24(21,22)5/h11,16,20-22H,6-10,12-15H2,1-5H3/b19-11+/t16-,20+,21+,22-,23-,24+/m0/s1. The monoisotopic (exact) mass is 390 g/mol. The molecule has 0 aromatic rings. The molecule has 0 heterocycles. The summed E-state index contributed by atoms with van der Waals surface area (Å²) in [5.41, 5.74) is 1.92. The first-order valence-corrected chi connectivity index (χ1v) is 11.1. The van der Waals surface area contributed by atoms with Crippen molar-refractivity contribution in [1.29, 1.82) is 0 Å². The van der Waals surface area contributed by atoms with Crippen LogP contribution in [-0.4, -0.2) is 25.2 Å². The number of carbonyl (C=O) groups is 2. The lowest BCUT2D eigenvalue weighted by molar-refractivity contribution is -0.161. The van der Waals surface area contributed by atoms with Crippen molar-refractivity contribution in [3.8, 4) is 0 Å². The highest BCUT2D eigenvalue weighted by Crippen LogP contribution is 2.65. The van der Waals surface area contributed by atoms with E-state index in [2.05, 4.69) is 26.8 Å². The van der Waals surface area contributed by atoms with Crippen LogP contribution in [0, 0.1) is 34.5 Å². The molecule has 0 aromatic carbocycles. The van der Waals surface area contributed by atoms with Crippen LogP contribution in [0.25, 0.3) is 0 Å². The predicted octanol–water partition coefficient (Wildman–Crippen LogP) is 5.31. The first-order chi connectivity index (χ1) is 13.2. The van der Waals surface area contributed by atoms with Crippen LogP contribution < -0.4 is 0 Å². The summed E-state index contributed by atoms with van der Waals surface area (Å²) in [4.78, 5) is 22.5. The predicted molar refractivity (Wildman–Crippen MR) is 110 cm³/mol. The van der Waals surface area contributed by atoms with Gasteiger partial charge in [-0.2, -0.15) is 0 Å². The van der Waals surface area contributed by atoms with Crippen molar-refractivity contribution >= 4 is 11.9 Å². The third-order valence-electron chi connectivity index (χ3n) is 8.46. The van der Waals surface area contributed by atoms with E-state index < -0.39 is 0 Å². The minimum absolute atomic E-state index is 0.109. The fraction of sp³-hybridized carbons (Fsp3) is 0.833. The molecule has 0 bridgehead atoms. The number of fused-ring (bicyclic) bond motifs is 3. The van der Waals surface area contributed by atoms with Crippen LogP contribution in [0.5, 0.6) is 0 Å². The summed E-state index contributed by atoms with van der Waals surface area (Å²) in [5.74, 6) is 2.29. The smallest absolute Gasteiger partial charge is 0.302 e. The summed E-state index contributed by atoms with van der Waals surface area (Å²) in [6, 6.07) is 0. The Hall–Kier alpha value is -1.32. The van der Waals surface area contributed by atoms with Gasteiger partial charge in [-0.1, -0.05) is 32.8 Å². The van der Waals surface area contributed by atoms with E-state index in [-0.39, 0.29) is 17.4 Å². The fourth-order valence-electron chi connectivity index (χ4n) is 7.15. The topological polar surface area (TPSA) is 52.6 Å². The molecule has 0 unspecified atom stereocenters. The molecule has 6 atom stereocenters. The van der Waals surface area contributed by atoms with Gasteiger partial charge in [0, 0.05) is 19.3 Å². The summed E-state index contributed by atoms with van der Waals surface area (Å²) in [7, 11) is 0. The lowest BCUT2D eigenvalue weighted by Gasteiger charge is -2.62. The summed E-state index contributed by atoms with van der Waals surface area (Å²) in [6.45, 7) is 11.2. The molecule has 3 aliphatic carbocycles. The summed E-state index contributed by atoms with van der Waals surface area (Å²) in [5, 5.41) is 0. The molecule has 0 saturated heterocycles. The zero-order valence-electron chi connectivity index (χ0n) is 18.4. The van der Waals surface area contributed by atoms with Crippen molar-refractivity contribution in [3.63, 3.8) is 0 Å². The Morgan fingerprint density at radius 2 is 1.79 bits per heavy atom. The Bertz CT molecular complexity index is 639. The normalized spacial score (nSPS) is 41.7. The molecule has 158 valence electrons. The van der Waals surface area contributed by atoms with Gasteiger partial charge in [0.15, 0.2) is 0 Å². The molecule has 0 amide bonds. The fourth-order valence-corrected chi connectivity index (χ4v) is 7.15. The maximum absolute atomic E-state index is 11.4. The third-order valence-corrected chi connectivity index (χ3v) is 8.46. The van der Waals surface area contributed by atoms with Gasteiger partial charge >= 0.3 is 11.9 Å². The molecule has 4 heteroatoms. The highest BCUT2D eigenvalue weighted by Gasteiger charge is 2.57. The largest absolute Gasteiger partial charge is 0.465 e. The second-order valence-corrected chi connectivity index (χ2v) is 10.1. The quantitative estimate of drug-likeness (QED) is 0.482. The van der Waals surface area contributed by atoms with Crippen LogP contribution in [-0.2, 0) is 19.1 Å². The molecule has 3 aliphatic rings. The Kier molecular flexibility index (Phi) is 6.26. The van der Waals surface area contributed by atoms with Gasteiger partial charge in [-0.05, 0) is 73.7 Å². The van der Waals surface area contributed by atoms with E-state index in [0.717, 1.165) is 18.3 Å². The zero-order chi connectivity index (χ0) is 20.5. The van der Waals surface area contributed by atoms with Crippen LogP contribution in [0.15, 0.2) is 11.6 Å². The van der Waals surface area contributed by atoms with E-state index in [9.17, 15) is 9.59 Å². The second-order valence-electron chi connectivity index (χ2n) is 10.1. The number of hydrogen-bond acceptors (Lipinski definition) is 4. The van der Waals surface area contributed by atoms with Crippen molar-refractivity contribution in [2.75, 3.05) is 13.2 Å². The van der Waals surface area contributed by atoms with E-state index in [1.54, 1.807) is 0 Å². The maximum atomic E-state index is 11.4. The molecular formula is C24H38O4. The minimum Gasteiger partial charge on any atom is -0.465 e. The van der Waals surface area contributed by atoms with Crippen molar-refractivity contribution in [1.82, 2.24) is 0 Å². The molecule has 3 rings (SSSR count). The number of carbonyl (C=O) groups excluding carboxylic acids is 2. The number of hydrogen-bond donors (Lipinski definition) is 0. The van der Waals surface area contributed by atoms with E-state index in [1.807, 2.05) is 0 Å². The van der Waals surface area contributed by atoms with Gasteiger partial charge in [-0.3, -0.25) is 9.59 Å². The van der Waals surface area contributed by atoms with Gasteiger partial charge in [0.1, 0.15) is 6.61 Å². The van der Waals surface area contributed by atoms with Crippen molar-refractivity contribution < 1.29 is 19.1 Å². The van der Waals surface area contributed by atoms with Gasteiger partial charge in [0.2, 0.25) is 0 Å². The van der Waals surface area contributed by atoms with Crippen LogP contribution in [0.3, 0.4) is 0 Å². The minimum atomic E-state index is -0.208. The molecule has 0 spiro atoms. The average molecular weight is 391 g/mol. The zero-order valence-corrected chi connectivity index (χ0v) is 18.4. The van der Waals surface area contributed by atoms with E-state index in [0.29, 0.717) is 30.5 Å². The van der Waals surface area contributed by atoms with Gasteiger partial charge in [0.25, 0.3) is 0 Å². The van der Waals surface area contributed by atoms with E-state index in [4.69, 9.17) is 9.47 Å². The summed E-state index contributed by atoms with van der Waals surface area (Å²) < 4.78 is 10.7. The lowest BCUT2D eigenvalue weighted by atomic mass is 9.43. The summed E-state index contributed by atoms with van der Waals surface area (Å²) in [6.07, 6.45) is 10.7. The Morgan fingerprint density at radius 3 is 2.46 bits per heavy atom. The molecule has 3 saturated carbocycles. The van der Waals surface area contributed by atoms with Crippen molar-refractivity contribution in [3.05, 3.63) is 11.6 Å². The average Bonchev–Trinajstić information content (AvgIpc) is 2.62. The molecular weight excluding hydrogens is 352 g/mol. The SMILES string of the molecule is CC(=O)OC/C=C1\CC[C@@H]2[C@H](CC[C@H]3[C@](C)(COC(C)=O)CCC[C@]23C)[C@H]1C. The van der Waals surface area contributed by atoms with Gasteiger partial charge < -0.3 is 9.47 Å². The molecule has 28 heavy (non-hydrogen) atoms. The molecule has 0 N–H and O–H groups in total. The van der Waals surface area contributed by atoms with Crippen molar-refractivity contribution in [2.24, 2.45) is 34.5 Å². The molecule has 0 aromatic heterocycles. The number of ether oxygens (including phenoxy) is 2. The van der Waals surface area contributed by atoms with E-state index >= 15 is 0 Å². The van der Waals surface area contributed by atoms with Crippen LogP contribution in [0.4, 0.5) is 0 Å². The highest BCUT2D eigenvalue weighted by atomic mass is 16.5. The van der Waals surface area contributed by atoms with Gasteiger partial charge in [-0.25, -0.2) is 0 Å². The number of allylic oxidation sites excluding steroid dienone is 1. The van der Waals surface area contributed by atoms with Crippen LogP contribution >= 0.6 is 0 Å². The van der Waals surface area contributed by atoms with Crippen molar-refractivity contribution in [2.45, 2.75) is 79.6 Å². The van der Waals surface area contributed by atoms with Crippen LogP contribution in [0.2, 0.25) is 0 Å². The highest BCUT2D eigenvalue weighted by molar-refractivity contribution is 5.66. The van der Waals surface area contributed by atoms with E-state index in [1.165, 1.54) is 57.9 Å². The molecule has 4 nitrogen and oxygen atoms in total. The van der Waals surface area contributed by atoms with Gasteiger partial charge in [-0.15, -0.1) is 0 Å². The Balaban J connectivity index is 1.76. The Morgan fingerprint density at radius 1 is 1.07 bits per heavy atom. The third kappa shape index (κ3) is 4.02. The Labute approximate surface area is 170 Å². The van der Waals surface area contributed by atoms with Crippen LogP contribution in [0.1, 0.15) is 79.6 Å². The molecule has 0 aliphatic heterocycles. The first-order valence-electron chi connectivity index (χ1n) is 11.1. The number of esters is 2. The molecule has 0 radical (unpaired) electrons. The number of rotatable bonds is 4. The maximum Gasteiger partial charge on any atom is 0.302 e.